The van der Waals surface area contributed by atoms with E-state index < -0.39 is 0 Å². The number of aromatic amines is 1. The van der Waals surface area contributed by atoms with E-state index in [-0.39, 0.29) is 23.3 Å². The van der Waals surface area contributed by atoms with Crippen LogP contribution in [-0.2, 0) is 0 Å². The van der Waals surface area contributed by atoms with E-state index >= 15 is 0 Å². The van der Waals surface area contributed by atoms with Gasteiger partial charge < -0.3 is 9.73 Å². The maximum atomic E-state index is 12.3. The number of carbonyl (C=O) groups excluding carboxylic acids is 2. The summed E-state index contributed by atoms with van der Waals surface area (Å²) in [5, 5.41) is 9.56. The highest BCUT2D eigenvalue weighted by Crippen LogP contribution is 2.30. The Morgan fingerprint density at radius 2 is 1.96 bits per heavy atom. The number of hydrogen-bond acceptors (Lipinski definition) is 4. The van der Waals surface area contributed by atoms with E-state index in [9.17, 15) is 9.59 Å². The summed E-state index contributed by atoms with van der Waals surface area (Å²) in [6.07, 6.45) is 4.65. The Morgan fingerprint density at radius 3 is 2.60 bits per heavy atom. The van der Waals surface area contributed by atoms with Gasteiger partial charge in [0, 0.05) is 23.2 Å². The summed E-state index contributed by atoms with van der Waals surface area (Å²) in [6, 6.07) is 12.2. The molecule has 1 amide bonds. The molecule has 0 aliphatic heterocycles. The van der Waals surface area contributed by atoms with Crippen molar-refractivity contribution >= 4 is 17.4 Å². The van der Waals surface area contributed by atoms with Gasteiger partial charge in [0.2, 0.25) is 0 Å². The van der Waals surface area contributed by atoms with Gasteiger partial charge in [0.05, 0.1) is 6.26 Å². The number of H-pyrrole nitrogens is 1. The van der Waals surface area contributed by atoms with Crippen LogP contribution < -0.4 is 5.32 Å². The molecule has 6 heteroatoms. The third kappa shape index (κ3) is 3.10. The van der Waals surface area contributed by atoms with Gasteiger partial charge in [0.15, 0.2) is 17.2 Å². The van der Waals surface area contributed by atoms with Crippen LogP contribution in [0.15, 0.2) is 53.1 Å². The molecule has 0 atom stereocenters. The molecule has 2 N–H and O–H groups in total. The highest BCUT2D eigenvalue weighted by atomic mass is 16.3. The quantitative estimate of drug-likeness (QED) is 0.692. The largest absolute Gasteiger partial charge is 0.463 e. The second-order valence-electron chi connectivity index (χ2n) is 6.17. The fourth-order valence-corrected chi connectivity index (χ4v) is 2.82. The van der Waals surface area contributed by atoms with Crippen LogP contribution >= 0.6 is 0 Å². The minimum absolute atomic E-state index is 0.171. The van der Waals surface area contributed by atoms with Crippen molar-refractivity contribution in [3.63, 3.8) is 0 Å². The van der Waals surface area contributed by atoms with Gasteiger partial charge in [-0.3, -0.25) is 14.7 Å². The fourth-order valence-electron chi connectivity index (χ4n) is 2.82. The molecule has 3 aromatic rings. The Kier molecular flexibility index (Phi) is 3.93. The van der Waals surface area contributed by atoms with Gasteiger partial charge in [-0.15, -0.1) is 0 Å². The van der Waals surface area contributed by atoms with Crippen molar-refractivity contribution in [3.05, 3.63) is 60.0 Å². The molecule has 1 fully saturated rings. The number of carbonyl (C=O) groups is 2. The van der Waals surface area contributed by atoms with Crippen LogP contribution in [0.1, 0.15) is 40.1 Å². The Hall–Kier alpha value is -3.15. The molecule has 1 saturated carbocycles. The number of aromatic nitrogens is 2. The maximum Gasteiger partial charge on any atom is 0.276 e. The summed E-state index contributed by atoms with van der Waals surface area (Å²) in [4.78, 5) is 24.5. The summed E-state index contributed by atoms with van der Waals surface area (Å²) in [5.74, 6) is 0.654. The SMILES string of the molecule is O=C(Nc1ccc(C(=O)C2CCC2)cc1)c1cc(-c2ccco2)[nH]n1. The minimum Gasteiger partial charge on any atom is -0.463 e. The van der Waals surface area contributed by atoms with E-state index in [1.54, 1.807) is 48.7 Å². The van der Waals surface area contributed by atoms with Crippen LogP contribution in [0.25, 0.3) is 11.5 Å². The number of furan rings is 1. The number of ketones is 1. The minimum atomic E-state index is -0.327. The summed E-state index contributed by atoms with van der Waals surface area (Å²) in [6.45, 7) is 0. The average Bonchev–Trinajstić information content (AvgIpc) is 3.25. The van der Waals surface area contributed by atoms with E-state index in [1.807, 2.05) is 0 Å². The number of rotatable bonds is 5. The number of Topliss-reactive ketones (excluding diaryl/α,β-unsaturated/α-hetero) is 1. The highest BCUT2D eigenvalue weighted by molar-refractivity contribution is 6.04. The van der Waals surface area contributed by atoms with Crippen molar-refractivity contribution in [2.45, 2.75) is 19.3 Å². The zero-order chi connectivity index (χ0) is 17.2. The molecule has 0 bridgehead atoms. The van der Waals surface area contributed by atoms with Crippen molar-refractivity contribution in [1.82, 2.24) is 10.2 Å². The van der Waals surface area contributed by atoms with Crippen molar-refractivity contribution in [1.29, 1.82) is 0 Å². The van der Waals surface area contributed by atoms with Gasteiger partial charge in [-0.2, -0.15) is 5.10 Å². The number of nitrogens with one attached hydrogen (secondary N) is 2. The predicted octanol–water partition coefficient (Wildman–Crippen LogP) is 3.90. The predicted molar refractivity (Wildman–Crippen MR) is 92.4 cm³/mol. The average molecular weight is 335 g/mol. The van der Waals surface area contributed by atoms with E-state index in [0.717, 1.165) is 19.3 Å². The van der Waals surface area contributed by atoms with Gasteiger partial charge in [-0.05, 0) is 49.2 Å². The van der Waals surface area contributed by atoms with E-state index in [2.05, 4.69) is 15.5 Å². The Bertz CT molecular complexity index is 890. The molecular weight excluding hydrogens is 318 g/mol. The lowest BCUT2D eigenvalue weighted by Gasteiger charge is -2.23. The van der Waals surface area contributed by atoms with Crippen LogP contribution in [-0.4, -0.2) is 21.9 Å². The summed E-state index contributed by atoms with van der Waals surface area (Å²) in [7, 11) is 0. The topological polar surface area (TPSA) is 88.0 Å². The van der Waals surface area contributed by atoms with E-state index in [0.29, 0.717) is 22.7 Å². The van der Waals surface area contributed by atoms with E-state index in [1.165, 1.54) is 0 Å². The zero-order valence-corrected chi connectivity index (χ0v) is 13.5. The standard InChI is InChI=1S/C19H17N3O3/c23-18(12-3-1-4-12)13-6-8-14(9-7-13)20-19(24)16-11-15(21-22-16)17-5-2-10-25-17/h2,5-12H,1,3-4H2,(H,20,24)(H,21,22). The van der Waals surface area contributed by atoms with Crippen LogP contribution in [0.2, 0.25) is 0 Å². The summed E-state index contributed by atoms with van der Waals surface area (Å²) >= 11 is 0. The molecule has 4 rings (SSSR count). The molecule has 126 valence electrons. The second kappa shape index (κ2) is 6.39. The molecule has 25 heavy (non-hydrogen) atoms. The first-order valence-corrected chi connectivity index (χ1v) is 8.25. The third-order valence-corrected chi connectivity index (χ3v) is 4.50. The summed E-state index contributed by atoms with van der Waals surface area (Å²) in [5.41, 5.74) is 2.22. The molecule has 2 heterocycles. The van der Waals surface area contributed by atoms with Gasteiger partial charge in [-0.25, -0.2) is 0 Å². The number of hydrogen-bond donors (Lipinski definition) is 2. The molecule has 0 saturated heterocycles. The van der Waals surface area contributed by atoms with E-state index in [4.69, 9.17) is 4.42 Å². The molecule has 6 nitrogen and oxygen atoms in total. The van der Waals surface area contributed by atoms with Crippen molar-refractivity contribution < 1.29 is 14.0 Å². The molecule has 0 radical (unpaired) electrons. The molecule has 0 spiro atoms. The molecular formula is C19H17N3O3. The Labute approximate surface area is 144 Å². The lowest BCUT2D eigenvalue weighted by molar-refractivity contribution is 0.0855. The molecule has 1 aliphatic carbocycles. The number of anilines is 1. The van der Waals surface area contributed by atoms with Gasteiger partial charge in [-0.1, -0.05) is 6.42 Å². The Morgan fingerprint density at radius 1 is 1.16 bits per heavy atom. The third-order valence-electron chi connectivity index (χ3n) is 4.50. The van der Waals surface area contributed by atoms with Gasteiger partial charge in [0.1, 0.15) is 5.69 Å². The molecule has 1 aromatic carbocycles. The Balaban J connectivity index is 1.43. The van der Waals surface area contributed by atoms with Crippen LogP contribution in [0, 0.1) is 5.92 Å². The van der Waals surface area contributed by atoms with Crippen molar-refractivity contribution in [3.8, 4) is 11.5 Å². The van der Waals surface area contributed by atoms with Gasteiger partial charge >= 0.3 is 0 Å². The first-order chi connectivity index (χ1) is 12.2. The monoisotopic (exact) mass is 335 g/mol. The first-order valence-electron chi connectivity index (χ1n) is 8.25. The van der Waals surface area contributed by atoms with Crippen molar-refractivity contribution in [2.24, 2.45) is 5.92 Å². The van der Waals surface area contributed by atoms with Crippen LogP contribution in [0.5, 0.6) is 0 Å². The van der Waals surface area contributed by atoms with Crippen molar-refractivity contribution in [2.75, 3.05) is 5.32 Å². The molecule has 2 aromatic heterocycles. The maximum absolute atomic E-state index is 12.3. The fraction of sp³-hybridized carbons (Fsp3) is 0.211. The summed E-state index contributed by atoms with van der Waals surface area (Å²) < 4.78 is 5.26. The number of amides is 1. The van der Waals surface area contributed by atoms with Crippen LogP contribution in [0.3, 0.4) is 0 Å². The number of nitrogens with zero attached hydrogens (tertiary/aromatic N) is 1. The highest BCUT2D eigenvalue weighted by Gasteiger charge is 2.26. The first kappa shape index (κ1) is 15.4. The smallest absolute Gasteiger partial charge is 0.276 e. The van der Waals surface area contributed by atoms with Gasteiger partial charge in [0.25, 0.3) is 5.91 Å². The lowest BCUT2D eigenvalue weighted by Crippen LogP contribution is -2.21. The molecule has 0 unspecified atom stereocenters. The zero-order valence-electron chi connectivity index (χ0n) is 13.5. The normalized spacial score (nSPS) is 14.1. The number of benzene rings is 1. The second-order valence-corrected chi connectivity index (χ2v) is 6.17. The molecule has 1 aliphatic rings. The van der Waals surface area contributed by atoms with Crippen LogP contribution in [0.4, 0.5) is 5.69 Å². The lowest BCUT2D eigenvalue weighted by atomic mass is 9.80.